The molecule has 1 aliphatic heterocycles. The maximum absolute atomic E-state index is 4.80. The van der Waals surface area contributed by atoms with Crippen molar-refractivity contribution >= 4 is 0 Å². The molecule has 0 fully saturated rings. The molecular weight excluding hydrogens is 326 g/mol. The minimum Gasteiger partial charge on any atom is -0.329 e. The zero-order valence-electron chi connectivity index (χ0n) is 15.9. The summed E-state index contributed by atoms with van der Waals surface area (Å²) in [6.45, 7) is 11.1. The van der Waals surface area contributed by atoms with Crippen molar-refractivity contribution in [3.63, 3.8) is 0 Å². The van der Waals surface area contributed by atoms with E-state index in [2.05, 4.69) is 56.2 Å². The van der Waals surface area contributed by atoms with Crippen molar-refractivity contribution in [2.24, 2.45) is 0 Å². The van der Waals surface area contributed by atoms with Crippen LogP contribution in [0.4, 0.5) is 0 Å². The smallest absolute Gasteiger partial charge is 0.160 e. The van der Waals surface area contributed by atoms with Crippen molar-refractivity contribution in [1.82, 2.24) is 34.4 Å². The molecule has 1 N–H and O–H groups in total. The molecule has 1 aliphatic rings. The van der Waals surface area contributed by atoms with Gasteiger partial charge in [-0.1, -0.05) is 0 Å². The first kappa shape index (κ1) is 17.0. The Balaban J connectivity index is 1.55. The predicted octanol–water partition coefficient (Wildman–Crippen LogP) is 2.32. The van der Waals surface area contributed by atoms with Crippen LogP contribution in [-0.2, 0) is 32.6 Å². The average molecular weight is 353 g/mol. The second-order valence-electron chi connectivity index (χ2n) is 6.93. The molecule has 0 amide bonds. The number of nitrogens with zero attached hydrogens (tertiary/aromatic N) is 6. The molecule has 0 atom stereocenters. The summed E-state index contributed by atoms with van der Waals surface area (Å²) in [6, 6.07) is 2.17. The minimum absolute atomic E-state index is 0.877. The van der Waals surface area contributed by atoms with E-state index in [1.165, 1.54) is 17.0 Å². The molecule has 7 heteroatoms. The van der Waals surface area contributed by atoms with Gasteiger partial charge in [0.15, 0.2) is 5.82 Å². The fourth-order valence-electron chi connectivity index (χ4n) is 3.83. The van der Waals surface area contributed by atoms with Crippen molar-refractivity contribution in [3.8, 4) is 11.5 Å². The van der Waals surface area contributed by atoms with Gasteiger partial charge >= 0.3 is 0 Å². The van der Waals surface area contributed by atoms with Gasteiger partial charge in [-0.3, -0.25) is 9.36 Å². The van der Waals surface area contributed by atoms with Gasteiger partial charge in [-0.25, -0.2) is 4.98 Å². The molecule has 0 aliphatic carbocycles. The van der Waals surface area contributed by atoms with Gasteiger partial charge in [0.25, 0.3) is 0 Å². The Labute approximate surface area is 154 Å². The highest BCUT2D eigenvalue weighted by Gasteiger charge is 2.16. The van der Waals surface area contributed by atoms with Crippen molar-refractivity contribution < 1.29 is 0 Å². The molecule has 0 saturated carbocycles. The monoisotopic (exact) mass is 353 g/mol. The van der Waals surface area contributed by atoms with Crippen LogP contribution >= 0.6 is 0 Å². The Kier molecular flexibility index (Phi) is 4.63. The van der Waals surface area contributed by atoms with E-state index in [0.29, 0.717) is 0 Å². The fourth-order valence-corrected chi connectivity index (χ4v) is 3.83. The quantitative estimate of drug-likeness (QED) is 0.764. The van der Waals surface area contributed by atoms with Crippen molar-refractivity contribution in [2.75, 3.05) is 6.54 Å². The molecule has 26 heavy (non-hydrogen) atoms. The molecule has 0 saturated heterocycles. The summed E-state index contributed by atoms with van der Waals surface area (Å²) in [4.78, 5) is 4.58. The number of aromatic nitrogens is 6. The molecule has 3 aromatic heterocycles. The lowest BCUT2D eigenvalue weighted by Gasteiger charge is -2.07. The van der Waals surface area contributed by atoms with E-state index in [1.54, 1.807) is 0 Å². The second kappa shape index (κ2) is 7.07. The highest BCUT2D eigenvalue weighted by atomic mass is 15.3. The highest BCUT2D eigenvalue weighted by molar-refractivity contribution is 5.50. The normalized spacial score (nSPS) is 14.4. The molecule has 138 valence electrons. The van der Waals surface area contributed by atoms with Crippen LogP contribution in [0.1, 0.15) is 36.0 Å². The first-order valence-electron chi connectivity index (χ1n) is 9.49. The number of nitrogens with one attached hydrogen (secondary N) is 1. The van der Waals surface area contributed by atoms with Gasteiger partial charge in [-0.05, 0) is 51.8 Å². The molecule has 0 bridgehead atoms. The fraction of sp³-hybridized carbons (Fsp3) is 0.526. The summed E-state index contributed by atoms with van der Waals surface area (Å²) in [7, 11) is 0. The van der Waals surface area contributed by atoms with Crippen molar-refractivity contribution in [3.05, 3.63) is 41.1 Å². The highest BCUT2D eigenvalue weighted by Crippen LogP contribution is 2.21. The lowest BCUT2D eigenvalue weighted by Crippen LogP contribution is -2.11. The van der Waals surface area contributed by atoms with Gasteiger partial charge in [0.1, 0.15) is 5.69 Å². The number of hydrogen-bond donors (Lipinski definition) is 1. The Morgan fingerprint density at radius 1 is 1.23 bits per heavy atom. The molecule has 3 aromatic rings. The van der Waals surface area contributed by atoms with Gasteiger partial charge in [0.05, 0.1) is 11.4 Å². The van der Waals surface area contributed by atoms with Gasteiger partial charge in [0, 0.05) is 44.3 Å². The summed E-state index contributed by atoms with van der Waals surface area (Å²) >= 11 is 0. The zero-order chi connectivity index (χ0) is 18.1. The van der Waals surface area contributed by atoms with E-state index in [0.717, 1.165) is 62.8 Å². The summed E-state index contributed by atoms with van der Waals surface area (Å²) in [5, 5.41) is 12.9. The lowest BCUT2D eigenvalue weighted by atomic mass is 10.1. The molecule has 0 spiro atoms. The zero-order valence-corrected chi connectivity index (χ0v) is 15.9. The van der Waals surface area contributed by atoms with Gasteiger partial charge < -0.3 is 9.88 Å². The maximum atomic E-state index is 4.80. The third kappa shape index (κ3) is 3.07. The summed E-state index contributed by atoms with van der Waals surface area (Å²) in [5.74, 6) is 0.948. The van der Waals surface area contributed by atoms with Gasteiger partial charge in [-0.2, -0.15) is 10.2 Å². The molecule has 0 radical (unpaired) electrons. The van der Waals surface area contributed by atoms with Crippen LogP contribution in [0.15, 0.2) is 18.5 Å². The number of imidazole rings is 1. The van der Waals surface area contributed by atoms with Crippen LogP contribution in [0, 0.1) is 13.8 Å². The largest absolute Gasteiger partial charge is 0.329 e. The standard InChI is InChI=1S/C19H27N7/c1-4-25-15(3)17(14(2)22-25)6-10-24-11-8-21-19(24)18-12-16-13-20-7-5-9-26(16)23-18/h8,11-12,20H,4-7,9-10,13H2,1-3H3. The van der Waals surface area contributed by atoms with E-state index in [4.69, 9.17) is 5.10 Å². The van der Waals surface area contributed by atoms with Gasteiger partial charge in [-0.15, -0.1) is 0 Å². The Morgan fingerprint density at radius 3 is 2.92 bits per heavy atom. The predicted molar refractivity (Wildman–Crippen MR) is 101 cm³/mol. The summed E-state index contributed by atoms with van der Waals surface area (Å²) in [6.07, 6.45) is 5.99. The van der Waals surface area contributed by atoms with Crippen molar-refractivity contribution in [2.45, 2.75) is 59.8 Å². The molecule has 4 heterocycles. The van der Waals surface area contributed by atoms with E-state index >= 15 is 0 Å². The van der Waals surface area contributed by atoms with Crippen molar-refractivity contribution in [1.29, 1.82) is 0 Å². The number of fused-ring (bicyclic) bond motifs is 1. The summed E-state index contributed by atoms with van der Waals surface area (Å²) < 4.78 is 6.41. The lowest BCUT2D eigenvalue weighted by molar-refractivity contribution is 0.587. The molecular formula is C19H27N7. The second-order valence-corrected chi connectivity index (χ2v) is 6.93. The minimum atomic E-state index is 0.877. The van der Waals surface area contributed by atoms with Crippen LogP contribution in [0.5, 0.6) is 0 Å². The molecule has 4 rings (SSSR count). The van der Waals surface area contributed by atoms with Crippen LogP contribution in [-0.4, -0.2) is 35.7 Å². The number of hydrogen-bond acceptors (Lipinski definition) is 4. The van der Waals surface area contributed by atoms with Crippen LogP contribution < -0.4 is 5.32 Å². The summed E-state index contributed by atoms with van der Waals surface area (Å²) in [5.41, 5.74) is 5.95. The third-order valence-electron chi connectivity index (χ3n) is 5.27. The van der Waals surface area contributed by atoms with Crippen LogP contribution in [0.3, 0.4) is 0 Å². The maximum Gasteiger partial charge on any atom is 0.160 e. The van der Waals surface area contributed by atoms with Crippen LogP contribution in [0.2, 0.25) is 0 Å². The SMILES string of the molecule is CCn1nc(C)c(CCn2ccnc2-c2cc3n(n2)CCCNC3)c1C. The van der Waals surface area contributed by atoms with E-state index in [1.807, 2.05) is 12.4 Å². The Morgan fingerprint density at radius 2 is 2.12 bits per heavy atom. The first-order valence-corrected chi connectivity index (χ1v) is 9.49. The van der Waals surface area contributed by atoms with E-state index in [-0.39, 0.29) is 0 Å². The molecule has 0 aromatic carbocycles. The molecule has 0 unspecified atom stereocenters. The van der Waals surface area contributed by atoms with Gasteiger partial charge in [0.2, 0.25) is 0 Å². The average Bonchev–Trinajstić information content (AvgIpc) is 3.28. The van der Waals surface area contributed by atoms with Crippen LogP contribution in [0.25, 0.3) is 11.5 Å². The van der Waals surface area contributed by atoms with E-state index < -0.39 is 0 Å². The number of aryl methyl sites for hydroxylation is 4. The molecule has 7 nitrogen and oxygen atoms in total. The first-order chi connectivity index (χ1) is 12.7. The Bertz CT molecular complexity index is 876. The van der Waals surface area contributed by atoms with E-state index in [9.17, 15) is 0 Å². The third-order valence-corrected chi connectivity index (χ3v) is 5.27. The number of rotatable bonds is 5. The Hall–Kier alpha value is -2.41. The topological polar surface area (TPSA) is 65.5 Å².